The van der Waals surface area contributed by atoms with Crippen LogP contribution >= 0.6 is 0 Å². The van der Waals surface area contributed by atoms with Crippen molar-refractivity contribution in [2.24, 2.45) is 5.92 Å². The number of carbonyl (C=O) groups is 1. The molecule has 0 aliphatic heterocycles. The van der Waals surface area contributed by atoms with E-state index in [1.54, 1.807) is 13.2 Å². The van der Waals surface area contributed by atoms with Crippen LogP contribution in [-0.2, 0) is 6.42 Å². The number of hydrogen-bond donors (Lipinski definition) is 1. The van der Waals surface area contributed by atoms with Gasteiger partial charge in [-0.1, -0.05) is 44.2 Å². The van der Waals surface area contributed by atoms with Gasteiger partial charge in [-0.3, -0.25) is 4.79 Å². The van der Waals surface area contributed by atoms with Crippen molar-refractivity contribution in [2.45, 2.75) is 20.3 Å². The van der Waals surface area contributed by atoms with Gasteiger partial charge in [-0.25, -0.2) is 0 Å². The molecule has 0 spiro atoms. The Hall–Kier alpha value is -2.81. The summed E-state index contributed by atoms with van der Waals surface area (Å²) in [5, 5.41) is 1.08. The van der Waals surface area contributed by atoms with Gasteiger partial charge in [0.25, 0.3) is 0 Å². The Labute approximate surface area is 148 Å². The van der Waals surface area contributed by atoms with E-state index in [9.17, 15) is 4.79 Å². The monoisotopic (exact) mass is 333 g/mol. The third kappa shape index (κ3) is 3.82. The van der Waals surface area contributed by atoms with Gasteiger partial charge in [0.15, 0.2) is 5.78 Å². The van der Waals surface area contributed by atoms with Crippen LogP contribution in [0.15, 0.2) is 54.6 Å². The molecule has 3 nitrogen and oxygen atoms in total. The normalized spacial score (nSPS) is 11.5. The molecular weight excluding hydrogens is 310 g/mol. The van der Waals surface area contributed by atoms with Gasteiger partial charge >= 0.3 is 0 Å². The number of ether oxygens (including phenoxy) is 1. The molecule has 3 rings (SSSR count). The lowest BCUT2D eigenvalue weighted by Crippen LogP contribution is -1.97. The summed E-state index contributed by atoms with van der Waals surface area (Å²) in [7, 11) is 1.66. The molecule has 128 valence electrons. The molecule has 3 heteroatoms. The zero-order chi connectivity index (χ0) is 17.8. The van der Waals surface area contributed by atoms with Gasteiger partial charge in [-0.05, 0) is 42.7 Å². The second kappa shape index (κ2) is 7.39. The first-order valence-electron chi connectivity index (χ1n) is 8.54. The summed E-state index contributed by atoms with van der Waals surface area (Å²) in [5.74, 6) is 1.34. The summed E-state index contributed by atoms with van der Waals surface area (Å²) in [6.07, 6.45) is 4.50. The number of ketones is 1. The van der Waals surface area contributed by atoms with Crippen molar-refractivity contribution in [1.29, 1.82) is 0 Å². The van der Waals surface area contributed by atoms with Crippen molar-refractivity contribution in [3.63, 3.8) is 0 Å². The highest BCUT2D eigenvalue weighted by Gasteiger charge is 2.12. The number of H-pyrrole nitrogens is 1. The largest absolute Gasteiger partial charge is 0.497 e. The average Bonchev–Trinajstić information content (AvgIpc) is 2.95. The Morgan fingerprint density at radius 1 is 1.16 bits per heavy atom. The Morgan fingerprint density at radius 3 is 2.60 bits per heavy atom. The molecule has 0 fully saturated rings. The minimum atomic E-state index is 0.00773. The molecular formula is C22H23NO2. The molecule has 1 heterocycles. The number of allylic oxidation sites excluding steroid dienone is 1. The summed E-state index contributed by atoms with van der Waals surface area (Å²) < 4.78 is 5.36. The predicted molar refractivity (Wildman–Crippen MR) is 103 cm³/mol. The molecule has 2 aromatic carbocycles. The first kappa shape index (κ1) is 17.0. The average molecular weight is 333 g/mol. The summed E-state index contributed by atoms with van der Waals surface area (Å²) in [6.45, 7) is 4.38. The molecule has 1 N–H and O–H groups in total. The molecule has 0 radical (unpaired) electrons. The summed E-state index contributed by atoms with van der Waals surface area (Å²) >= 11 is 0. The number of aromatic amines is 1. The van der Waals surface area contributed by atoms with Crippen LogP contribution in [0, 0.1) is 5.92 Å². The number of carbonyl (C=O) groups excluding carboxylic acids is 1. The predicted octanol–water partition coefficient (Wildman–Crippen LogP) is 5.27. The molecule has 0 saturated carbocycles. The molecule has 0 aliphatic carbocycles. The maximum atomic E-state index is 12.4. The first-order valence-corrected chi connectivity index (χ1v) is 8.54. The van der Waals surface area contributed by atoms with E-state index in [0.717, 1.165) is 34.3 Å². The van der Waals surface area contributed by atoms with Gasteiger partial charge < -0.3 is 9.72 Å². The molecule has 0 bridgehead atoms. The number of rotatable bonds is 6. The Kier molecular flexibility index (Phi) is 5.03. The zero-order valence-electron chi connectivity index (χ0n) is 14.9. The smallest absolute Gasteiger partial charge is 0.185 e. The van der Waals surface area contributed by atoms with Gasteiger partial charge in [-0.15, -0.1) is 0 Å². The van der Waals surface area contributed by atoms with Crippen LogP contribution in [0.25, 0.3) is 17.0 Å². The molecule has 1 aromatic heterocycles. The summed E-state index contributed by atoms with van der Waals surface area (Å²) in [5.41, 5.74) is 3.96. The van der Waals surface area contributed by atoms with E-state index >= 15 is 0 Å². The van der Waals surface area contributed by atoms with Crippen molar-refractivity contribution >= 4 is 22.8 Å². The molecule has 3 aromatic rings. The highest BCUT2D eigenvalue weighted by atomic mass is 16.5. The van der Waals surface area contributed by atoms with E-state index in [2.05, 4.69) is 18.8 Å². The molecule has 0 amide bonds. The zero-order valence-corrected chi connectivity index (χ0v) is 14.9. The first-order chi connectivity index (χ1) is 12.1. The highest BCUT2D eigenvalue weighted by molar-refractivity contribution is 6.08. The summed E-state index contributed by atoms with van der Waals surface area (Å²) in [4.78, 5) is 15.9. The van der Waals surface area contributed by atoms with Gasteiger partial charge in [0.2, 0.25) is 0 Å². The number of hydrogen-bond acceptors (Lipinski definition) is 2. The number of methoxy groups -OCH3 is 1. The fourth-order valence-electron chi connectivity index (χ4n) is 2.99. The van der Waals surface area contributed by atoms with E-state index < -0.39 is 0 Å². The number of aromatic nitrogens is 1. The third-order valence-corrected chi connectivity index (χ3v) is 4.20. The molecule has 0 atom stereocenters. The quantitative estimate of drug-likeness (QED) is 0.493. The van der Waals surface area contributed by atoms with Crippen LogP contribution in [0.4, 0.5) is 0 Å². The number of fused-ring (bicyclic) bond motifs is 1. The Balaban J connectivity index is 2.02. The number of nitrogens with one attached hydrogen (secondary N) is 1. The molecule has 25 heavy (non-hydrogen) atoms. The van der Waals surface area contributed by atoms with E-state index in [0.29, 0.717) is 11.5 Å². The van der Waals surface area contributed by atoms with E-state index in [4.69, 9.17) is 4.74 Å². The van der Waals surface area contributed by atoms with Crippen molar-refractivity contribution in [3.05, 3.63) is 71.4 Å². The molecule has 0 saturated heterocycles. The fraction of sp³-hybridized carbons (Fsp3) is 0.227. The van der Waals surface area contributed by atoms with E-state index in [1.165, 1.54) is 0 Å². The molecule has 0 aliphatic rings. The summed E-state index contributed by atoms with van der Waals surface area (Å²) in [6, 6.07) is 15.3. The van der Waals surface area contributed by atoms with Crippen LogP contribution in [0.5, 0.6) is 5.75 Å². The van der Waals surface area contributed by atoms with Gasteiger partial charge in [0.1, 0.15) is 5.75 Å². The van der Waals surface area contributed by atoms with Crippen LogP contribution in [-0.4, -0.2) is 17.9 Å². The van der Waals surface area contributed by atoms with Crippen molar-refractivity contribution in [2.75, 3.05) is 7.11 Å². The SMILES string of the molecule is COc1ccc2[nH]c(CC(C)C)c(/C=C/C(=O)c3ccccc3)c2c1. The lowest BCUT2D eigenvalue weighted by atomic mass is 10.0. The van der Waals surface area contributed by atoms with Crippen molar-refractivity contribution < 1.29 is 9.53 Å². The minimum absolute atomic E-state index is 0.00773. The van der Waals surface area contributed by atoms with Gasteiger partial charge in [0, 0.05) is 27.7 Å². The standard InChI is InChI=1S/C22H23NO2/c1-15(2)13-21-18(10-12-22(24)16-7-5-4-6-8-16)19-14-17(25-3)9-11-20(19)23-21/h4-12,14-15,23H,13H2,1-3H3/b12-10+. The Morgan fingerprint density at radius 2 is 1.92 bits per heavy atom. The van der Waals surface area contributed by atoms with Gasteiger partial charge in [-0.2, -0.15) is 0 Å². The lowest BCUT2D eigenvalue weighted by Gasteiger charge is -2.04. The van der Waals surface area contributed by atoms with Crippen LogP contribution in [0.2, 0.25) is 0 Å². The second-order valence-electron chi connectivity index (χ2n) is 6.59. The third-order valence-electron chi connectivity index (χ3n) is 4.20. The van der Waals surface area contributed by atoms with Crippen LogP contribution in [0.1, 0.15) is 35.5 Å². The Bertz CT molecular complexity index is 904. The number of benzene rings is 2. The van der Waals surface area contributed by atoms with Crippen LogP contribution in [0.3, 0.4) is 0 Å². The van der Waals surface area contributed by atoms with Crippen molar-refractivity contribution in [3.8, 4) is 5.75 Å². The maximum Gasteiger partial charge on any atom is 0.185 e. The minimum Gasteiger partial charge on any atom is -0.497 e. The fourth-order valence-corrected chi connectivity index (χ4v) is 2.99. The molecule has 0 unspecified atom stereocenters. The maximum absolute atomic E-state index is 12.4. The van der Waals surface area contributed by atoms with E-state index in [1.807, 2.05) is 54.6 Å². The van der Waals surface area contributed by atoms with E-state index in [-0.39, 0.29) is 5.78 Å². The van der Waals surface area contributed by atoms with Gasteiger partial charge in [0.05, 0.1) is 7.11 Å². The van der Waals surface area contributed by atoms with Crippen molar-refractivity contribution in [1.82, 2.24) is 4.98 Å². The second-order valence-corrected chi connectivity index (χ2v) is 6.59. The van der Waals surface area contributed by atoms with Crippen LogP contribution < -0.4 is 4.74 Å². The highest BCUT2D eigenvalue weighted by Crippen LogP contribution is 2.29. The lowest BCUT2D eigenvalue weighted by molar-refractivity contribution is 0.104. The topological polar surface area (TPSA) is 42.1 Å².